The second kappa shape index (κ2) is 4.45. The summed E-state index contributed by atoms with van der Waals surface area (Å²) in [6.45, 7) is 0. The first-order valence-electron chi connectivity index (χ1n) is 4.74. The van der Waals surface area contributed by atoms with Gasteiger partial charge < -0.3 is 4.74 Å². The minimum Gasteiger partial charge on any atom is -0.406 e. The largest absolute Gasteiger partial charge is 0.573 e. The van der Waals surface area contributed by atoms with Crippen molar-refractivity contribution in [3.05, 3.63) is 48.7 Å². The second-order valence-electron chi connectivity index (χ2n) is 3.22. The molecule has 2 rings (SSSR count). The molecule has 0 unspecified atom stereocenters. The quantitative estimate of drug-likeness (QED) is 0.799. The van der Waals surface area contributed by atoms with Crippen molar-refractivity contribution in [1.29, 1.82) is 0 Å². The van der Waals surface area contributed by atoms with Crippen LogP contribution in [0.25, 0.3) is 11.3 Å². The fraction of sp³-hybridized carbons (Fsp3) is 0.0833. The predicted molar refractivity (Wildman–Crippen MR) is 55.2 cm³/mol. The van der Waals surface area contributed by atoms with Gasteiger partial charge in [0.1, 0.15) is 5.75 Å². The van der Waals surface area contributed by atoms with E-state index < -0.39 is 6.36 Å². The minimum absolute atomic E-state index is 0.249. The van der Waals surface area contributed by atoms with Gasteiger partial charge in [-0.3, -0.25) is 0 Å². The molecule has 1 aromatic heterocycles. The number of nitrogens with zero attached hydrogens (tertiary/aromatic N) is 1. The van der Waals surface area contributed by atoms with Crippen LogP contribution in [-0.4, -0.2) is 11.3 Å². The van der Waals surface area contributed by atoms with Crippen LogP contribution in [0, 0.1) is 6.20 Å². The molecule has 1 radical (unpaired) electrons. The maximum absolute atomic E-state index is 11.9. The van der Waals surface area contributed by atoms with Crippen LogP contribution in [0.1, 0.15) is 0 Å². The van der Waals surface area contributed by atoms with Gasteiger partial charge in [0.15, 0.2) is 0 Å². The van der Waals surface area contributed by atoms with E-state index in [9.17, 15) is 13.2 Å². The summed E-state index contributed by atoms with van der Waals surface area (Å²) in [5, 5.41) is 0. The summed E-state index contributed by atoms with van der Waals surface area (Å²) in [7, 11) is 0. The van der Waals surface area contributed by atoms with Crippen LogP contribution < -0.4 is 4.74 Å². The van der Waals surface area contributed by atoms with E-state index in [0.29, 0.717) is 11.3 Å². The highest BCUT2D eigenvalue weighted by Gasteiger charge is 2.30. The van der Waals surface area contributed by atoms with E-state index in [4.69, 9.17) is 0 Å². The molecular weight excluding hydrogens is 231 g/mol. The standard InChI is InChI=1S/C12H7F3NO/c13-12(14,15)17-10-6-4-9(5-7-10)11-3-1-2-8-16-11/h1-7H. The first-order chi connectivity index (χ1) is 8.04. The summed E-state index contributed by atoms with van der Waals surface area (Å²) >= 11 is 0. The topological polar surface area (TPSA) is 22.1 Å². The molecule has 1 heterocycles. The van der Waals surface area contributed by atoms with Crippen LogP contribution in [0.5, 0.6) is 5.75 Å². The van der Waals surface area contributed by atoms with Crippen molar-refractivity contribution in [3.63, 3.8) is 0 Å². The highest BCUT2D eigenvalue weighted by molar-refractivity contribution is 5.59. The first-order valence-corrected chi connectivity index (χ1v) is 4.74. The average Bonchev–Trinajstić information content (AvgIpc) is 2.29. The Morgan fingerprint density at radius 3 is 2.29 bits per heavy atom. The Balaban J connectivity index is 2.19. The van der Waals surface area contributed by atoms with Gasteiger partial charge in [-0.15, -0.1) is 13.2 Å². The number of rotatable bonds is 2. The zero-order valence-corrected chi connectivity index (χ0v) is 8.53. The van der Waals surface area contributed by atoms with Gasteiger partial charge in [0, 0.05) is 5.56 Å². The lowest BCUT2D eigenvalue weighted by Crippen LogP contribution is -2.16. The van der Waals surface area contributed by atoms with Gasteiger partial charge in [0.25, 0.3) is 0 Å². The number of hydrogen-bond acceptors (Lipinski definition) is 2. The van der Waals surface area contributed by atoms with Gasteiger partial charge in [-0.05, 0) is 36.4 Å². The SMILES string of the molecule is FC(F)(F)Oc1ccc(-c2ccc[c]n2)cc1. The smallest absolute Gasteiger partial charge is 0.406 e. The highest BCUT2D eigenvalue weighted by Crippen LogP contribution is 2.25. The van der Waals surface area contributed by atoms with E-state index in [0.717, 1.165) is 0 Å². The molecule has 2 aromatic rings. The van der Waals surface area contributed by atoms with Crippen LogP contribution in [0.15, 0.2) is 42.5 Å². The lowest BCUT2D eigenvalue weighted by atomic mass is 10.1. The van der Waals surface area contributed by atoms with Crippen LogP contribution in [0.3, 0.4) is 0 Å². The van der Waals surface area contributed by atoms with Gasteiger partial charge in [-0.1, -0.05) is 6.07 Å². The van der Waals surface area contributed by atoms with Crippen molar-refractivity contribution in [2.24, 2.45) is 0 Å². The van der Waals surface area contributed by atoms with Crippen molar-refractivity contribution >= 4 is 0 Å². The summed E-state index contributed by atoms with van der Waals surface area (Å²) in [5.41, 5.74) is 1.35. The molecule has 2 nitrogen and oxygen atoms in total. The number of pyridine rings is 1. The summed E-state index contributed by atoms with van der Waals surface area (Å²) in [6, 6.07) is 10.7. The van der Waals surface area contributed by atoms with Crippen molar-refractivity contribution in [2.45, 2.75) is 6.36 Å². The van der Waals surface area contributed by atoms with E-state index in [1.54, 1.807) is 18.2 Å². The molecule has 0 aliphatic rings. The Labute approximate surface area is 95.7 Å². The lowest BCUT2D eigenvalue weighted by molar-refractivity contribution is -0.274. The third-order valence-corrected chi connectivity index (χ3v) is 1.99. The third kappa shape index (κ3) is 3.21. The van der Waals surface area contributed by atoms with E-state index in [-0.39, 0.29) is 5.75 Å². The van der Waals surface area contributed by atoms with Crippen LogP contribution >= 0.6 is 0 Å². The maximum atomic E-state index is 11.9. The summed E-state index contributed by atoms with van der Waals surface area (Å²) < 4.78 is 39.5. The molecule has 0 saturated carbocycles. The maximum Gasteiger partial charge on any atom is 0.573 e. The number of ether oxygens (including phenoxy) is 1. The molecule has 0 aliphatic heterocycles. The molecule has 0 aliphatic carbocycles. The summed E-state index contributed by atoms with van der Waals surface area (Å²) in [6.07, 6.45) is -2.02. The molecule has 87 valence electrons. The summed E-state index contributed by atoms with van der Waals surface area (Å²) in [5.74, 6) is -0.249. The molecule has 0 saturated heterocycles. The zero-order valence-electron chi connectivity index (χ0n) is 8.53. The van der Waals surface area contributed by atoms with Gasteiger partial charge in [-0.25, -0.2) is 4.98 Å². The Kier molecular flexibility index (Phi) is 2.99. The molecule has 5 heteroatoms. The fourth-order valence-electron chi connectivity index (χ4n) is 1.31. The Bertz CT molecular complexity index is 479. The minimum atomic E-state index is -4.67. The fourth-order valence-corrected chi connectivity index (χ4v) is 1.31. The number of halogens is 3. The van der Waals surface area contributed by atoms with Crippen molar-refractivity contribution in [2.75, 3.05) is 0 Å². The van der Waals surface area contributed by atoms with E-state index >= 15 is 0 Å². The zero-order chi connectivity index (χ0) is 12.3. The van der Waals surface area contributed by atoms with E-state index in [1.807, 2.05) is 0 Å². The average molecular weight is 238 g/mol. The van der Waals surface area contributed by atoms with Gasteiger partial charge in [0.2, 0.25) is 0 Å². The Hall–Kier alpha value is -2.04. The van der Waals surface area contributed by atoms with Crippen molar-refractivity contribution < 1.29 is 17.9 Å². The molecule has 17 heavy (non-hydrogen) atoms. The molecule has 0 N–H and O–H groups in total. The van der Waals surface area contributed by atoms with E-state index in [1.165, 1.54) is 24.3 Å². The number of aromatic nitrogens is 1. The van der Waals surface area contributed by atoms with Crippen LogP contribution in [0.2, 0.25) is 0 Å². The monoisotopic (exact) mass is 238 g/mol. The van der Waals surface area contributed by atoms with Crippen LogP contribution in [0.4, 0.5) is 13.2 Å². The van der Waals surface area contributed by atoms with Crippen molar-refractivity contribution in [1.82, 2.24) is 4.98 Å². The van der Waals surface area contributed by atoms with Gasteiger partial charge in [-0.2, -0.15) is 0 Å². The van der Waals surface area contributed by atoms with Gasteiger partial charge >= 0.3 is 6.36 Å². The number of benzene rings is 1. The highest BCUT2D eigenvalue weighted by atomic mass is 19.4. The Morgan fingerprint density at radius 2 is 1.76 bits per heavy atom. The molecule has 1 aromatic carbocycles. The summed E-state index contributed by atoms with van der Waals surface area (Å²) in [4.78, 5) is 3.97. The molecular formula is C12H7F3NO. The second-order valence-corrected chi connectivity index (χ2v) is 3.22. The number of hydrogen-bond donors (Lipinski definition) is 0. The first kappa shape index (κ1) is 11.4. The van der Waals surface area contributed by atoms with Gasteiger partial charge in [0.05, 0.1) is 11.9 Å². The molecule has 0 spiro atoms. The molecule has 0 bridgehead atoms. The lowest BCUT2D eigenvalue weighted by Gasteiger charge is -2.08. The molecule has 0 atom stereocenters. The molecule has 0 amide bonds. The predicted octanol–water partition coefficient (Wildman–Crippen LogP) is 3.45. The van der Waals surface area contributed by atoms with Crippen molar-refractivity contribution in [3.8, 4) is 17.0 Å². The van der Waals surface area contributed by atoms with E-state index in [2.05, 4.69) is 15.9 Å². The molecule has 0 fully saturated rings. The Morgan fingerprint density at radius 1 is 1.06 bits per heavy atom. The number of alkyl halides is 3. The van der Waals surface area contributed by atoms with Crippen LogP contribution in [-0.2, 0) is 0 Å². The third-order valence-electron chi connectivity index (χ3n) is 1.99. The normalized spacial score (nSPS) is 11.2.